The number of anilines is 1. The quantitative estimate of drug-likeness (QED) is 0.540. The Morgan fingerprint density at radius 1 is 1.17 bits per heavy atom. The Morgan fingerprint density at radius 2 is 1.78 bits per heavy atom. The number of nitrogens with one attached hydrogen (secondary N) is 1. The second-order valence-electron chi connectivity index (χ2n) is 4.89. The minimum atomic E-state index is -0.432. The molecule has 0 bridgehead atoms. The molecule has 2 rings (SSSR count). The van der Waals surface area contributed by atoms with Crippen LogP contribution in [0.4, 0.5) is 11.4 Å². The summed E-state index contributed by atoms with van der Waals surface area (Å²) in [5.74, 6) is 0.495. The van der Waals surface area contributed by atoms with E-state index < -0.39 is 4.92 Å². The number of hydrogen-bond donors (Lipinski definition) is 1. The van der Waals surface area contributed by atoms with Crippen molar-refractivity contribution in [3.05, 3.63) is 62.1 Å². The fourth-order valence-electron chi connectivity index (χ4n) is 1.96. The summed E-state index contributed by atoms with van der Waals surface area (Å²) in [7, 11) is 0. The summed E-state index contributed by atoms with van der Waals surface area (Å²) < 4.78 is 5.52. The lowest BCUT2D eigenvalue weighted by molar-refractivity contribution is -0.384. The van der Waals surface area contributed by atoms with Gasteiger partial charge in [0, 0.05) is 24.4 Å². The Morgan fingerprint density at radius 3 is 2.30 bits per heavy atom. The molecular weight excluding hydrogens is 339 g/mol. The van der Waals surface area contributed by atoms with Crippen molar-refractivity contribution in [2.24, 2.45) is 0 Å². The zero-order valence-electron chi connectivity index (χ0n) is 12.5. The van der Waals surface area contributed by atoms with E-state index in [0.717, 1.165) is 17.7 Å². The average Bonchev–Trinajstić information content (AvgIpc) is 2.52. The topological polar surface area (TPSA) is 64.4 Å². The molecule has 0 aliphatic rings. The molecule has 0 radical (unpaired) electrons. The SMILES string of the molecule is CCCOc1c(Cl)cc(CNc2ccc([N+](=O)[O-])cc2)cc1Cl. The third-order valence-electron chi connectivity index (χ3n) is 3.08. The smallest absolute Gasteiger partial charge is 0.269 e. The molecule has 2 aromatic rings. The predicted molar refractivity (Wildman–Crippen MR) is 92.7 cm³/mol. The Balaban J connectivity index is 2.04. The van der Waals surface area contributed by atoms with Crippen molar-refractivity contribution >= 4 is 34.6 Å². The zero-order valence-corrected chi connectivity index (χ0v) is 14.0. The van der Waals surface area contributed by atoms with Gasteiger partial charge in [0.05, 0.1) is 21.6 Å². The second kappa shape index (κ2) is 8.04. The number of ether oxygens (including phenoxy) is 1. The number of hydrogen-bond acceptors (Lipinski definition) is 4. The maximum absolute atomic E-state index is 10.6. The first kappa shape index (κ1) is 17.4. The van der Waals surface area contributed by atoms with Crippen LogP contribution in [-0.2, 0) is 6.54 Å². The van der Waals surface area contributed by atoms with Gasteiger partial charge in [0.25, 0.3) is 5.69 Å². The summed E-state index contributed by atoms with van der Waals surface area (Å²) in [4.78, 5) is 10.2. The molecule has 7 heteroatoms. The van der Waals surface area contributed by atoms with Crippen LogP contribution in [0.15, 0.2) is 36.4 Å². The van der Waals surface area contributed by atoms with Gasteiger partial charge in [0.2, 0.25) is 0 Å². The van der Waals surface area contributed by atoms with Crippen molar-refractivity contribution in [3.8, 4) is 5.75 Å². The van der Waals surface area contributed by atoms with Gasteiger partial charge in [-0.25, -0.2) is 0 Å². The first-order valence-electron chi connectivity index (χ1n) is 7.10. The van der Waals surface area contributed by atoms with Crippen LogP contribution in [0.1, 0.15) is 18.9 Å². The first-order valence-corrected chi connectivity index (χ1v) is 7.86. The standard InChI is InChI=1S/C16H16Cl2N2O3/c1-2-7-23-16-14(17)8-11(9-15(16)18)10-19-12-3-5-13(6-4-12)20(21)22/h3-6,8-9,19H,2,7,10H2,1H3. The summed E-state index contributed by atoms with van der Waals surface area (Å²) in [6.07, 6.45) is 0.871. The van der Waals surface area contributed by atoms with Gasteiger partial charge in [-0.1, -0.05) is 30.1 Å². The summed E-state index contributed by atoms with van der Waals surface area (Å²) in [6.45, 7) is 3.05. The fraction of sp³-hybridized carbons (Fsp3) is 0.250. The molecule has 0 saturated carbocycles. The highest BCUT2D eigenvalue weighted by molar-refractivity contribution is 6.37. The molecule has 0 aromatic heterocycles. The summed E-state index contributed by atoms with van der Waals surface area (Å²) >= 11 is 12.4. The van der Waals surface area contributed by atoms with Crippen molar-refractivity contribution in [3.63, 3.8) is 0 Å². The van der Waals surface area contributed by atoms with Crippen LogP contribution < -0.4 is 10.1 Å². The molecule has 0 aliphatic carbocycles. The monoisotopic (exact) mass is 354 g/mol. The summed E-state index contributed by atoms with van der Waals surface area (Å²) in [5.41, 5.74) is 1.72. The number of nitro groups is 1. The molecule has 0 amide bonds. The average molecular weight is 355 g/mol. The maximum Gasteiger partial charge on any atom is 0.269 e. The van der Waals surface area contributed by atoms with Crippen molar-refractivity contribution in [2.75, 3.05) is 11.9 Å². The third-order valence-corrected chi connectivity index (χ3v) is 3.64. The van der Waals surface area contributed by atoms with E-state index in [0.29, 0.717) is 28.9 Å². The van der Waals surface area contributed by atoms with Gasteiger partial charge in [0.1, 0.15) is 0 Å². The van der Waals surface area contributed by atoms with Crippen molar-refractivity contribution in [1.82, 2.24) is 0 Å². The van der Waals surface area contributed by atoms with Crippen molar-refractivity contribution in [1.29, 1.82) is 0 Å². The molecule has 0 spiro atoms. The van der Waals surface area contributed by atoms with E-state index in [4.69, 9.17) is 27.9 Å². The first-order chi connectivity index (χ1) is 11.0. The lowest BCUT2D eigenvalue weighted by atomic mass is 10.2. The van der Waals surface area contributed by atoms with Crippen LogP contribution in [0, 0.1) is 10.1 Å². The van der Waals surface area contributed by atoms with Gasteiger partial charge < -0.3 is 10.1 Å². The highest BCUT2D eigenvalue weighted by Crippen LogP contribution is 2.34. The molecule has 122 valence electrons. The predicted octanol–water partition coefficient (Wildman–Crippen LogP) is 5.30. The molecule has 1 N–H and O–H groups in total. The molecule has 2 aromatic carbocycles. The van der Waals surface area contributed by atoms with E-state index in [1.807, 2.05) is 6.92 Å². The van der Waals surface area contributed by atoms with E-state index in [-0.39, 0.29) is 5.69 Å². The van der Waals surface area contributed by atoms with E-state index >= 15 is 0 Å². The molecule has 0 saturated heterocycles. The van der Waals surface area contributed by atoms with Gasteiger partial charge >= 0.3 is 0 Å². The van der Waals surface area contributed by atoms with E-state index in [9.17, 15) is 10.1 Å². The Kier molecular flexibility index (Phi) is 6.07. The molecule has 0 aliphatic heterocycles. The molecule has 5 nitrogen and oxygen atoms in total. The van der Waals surface area contributed by atoms with Crippen LogP contribution >= 0.6 is 23.2 Å². The molecule has 0 fully saturated rings. The van der Waals surface area contributed by atoms with Crippen molar-refractivity contribution < 1.29 is 9.66 Å². The maximum atomic E-state index is 10.6. The van der Waals surface area contributed by atoms with E-state index in [1.54, 1.807) is 24.3 Å². The lowest BCUT2D eigenvalue weighted by Gasteiger charge is -2.12. The fourth-order valence-corrected chi connectivity index (χ4v) is 2.60. The lowest BCUT2D eigenvalue weighted by Crippen LogP contribution is -2.01. The molecular formula is C16H16Cl2N2O3. The van der Waals surface area contributed by atoms with Gasteiger partial charge in [-0.2, -0.15) is 0 Å². The zero-order chi connectivity index (χ0) is 16.8. The minimum Gasteiger partial charge on any atom is -0.490 e. The molecule has 0 atom stereocenters. The highest BCUT2D eigenvalue weighted by atomic mass is 35.5. The number of nitro benzene ring substituents is 1. The number of rotatable bonds is 7. The van der Waals surface area contributed by atoms with Gasteiger partial charge in [-0.15, -0.1) is 0 Å². The number of benzene rings is 2. The minimum absolute atomic E-state index is 0.0547. The number of nitrogens with zero attached hydrogens (tertiary/aromatic N) is 1. The van der Waals surface area contributed by atoms with Crippen molar-refractivity contribution in [2.45, 2.75) is 19.9 Å². The van der Waals surface area contributed by atoms with Gasteiger partial charge in [0.15, 0.2) is 5.75 Å². The highest BCUT2D eigenvalue weighted by Gasteiger charge is 2.10. The summed E-state index contributed by atoms with van der Waals surface area (Å²) in [5, 5.41) is 14.7. The molecule has 23 heavy (non-hydrogen) atoms. The second-order valence-corrected chi connectivity index (χ2v) is 5.71. The summed E-state index contributed by atoms with van der Waals surface area (Å²) in [6, 6.07) is 9.78. The Labute approximate surface area is 144 Å². The van der Waals surface area contributed by atoms with Crippen LogP contribution in [0.3, 0.4) is 0 Å². The van der Waals surface area contributed by atoms with Crippen LogP contribution in [0.5, 0.6) is 5.75 Å². The normalized spacial score (nSPS) is 10.4. The Hall–Kier alpha value is -1.98. The number of halogens is 2. The van der Waals surface area contributed by atoms with Crippen LogP contribution in [0.2, 0.25) is 10.0 Å². The van der Waals surface area contributed by atoms with Gasteiger partial charge in [-0.05, 0) is 36.2 Å². The number of non-ortho nitro benzene ring substituents is 1. The third kappa shape index (κ3) is 4.74. The van der Waals surface area contributed by atoms with Crippen LogP contribution in [0.25, 0.3) is 0 Å². The largest absolute Gasteiger partial charge is 0.490 e. The van der Waals surface area contributed by atoms with Crippen LogP contribution in [-0.4, -0.2) is 11.5 Å². The molecule has 0 heterocycles. The van der Waals surface area contributed by atoms with Gasteiger partial charge in [-0.3, -0.25) is 10.1 Å². The van der Waals surface area contributed by atoms with E-state index in [2.05, 4.69) is 5.32 Å². The van der Waals surface area contributed by atoms with E-state index in [1.165, 1.54) is 12.1 Å². The Bertz CT molecular complexity index is 667. The molecule has 0 unspecified atom stereocenters.